The molecule has 2 aromatic carbocycles. The molecule has 0 aliphatic carbocycles. The van der Waals surface area contributed by atoms with Crippen LogP contribution >= 0.6 is 0 Å². The van der Waals surface area contributed by atoms with Gasteiger partial charge in [0.1, 0.15) is 0 Å². The Hall–Kier alpha value is -3.01. The van der Waals surface area contributed by atoms with Crippen LogP contribution in [0.3, 0.4) is 0 Å². The average Bonchev–Trinajstić information content (AvgIpc) is 2.91. The largest absolute Gasteiger partial charge is 0.322 e. The van der Waals surface area contributed by atoms with Crippen molar-refractivity contribution < 1.29 is 22.5 Å². The number of carbonyl (C=O) groups excluding carboxylic acids is 1. The maximum Gasteiger partial charge on any atom is 0.306 e. The number of hydrogen-bond acceptors (Lipinski definition) is 5. The monoisotopic (exact) mass is 393 g/mol. The number of nitrogens with one attached hydrogen (secondary N) is 1. The summed E-state index contributed by atoms with van der Waals surface area (Å²) < 4.78 is 38.6. The number of benzene rings is 2. The molecule has 1 atom stereocenters. The number of amides is 1. The molecule has 0 fully saturated rings. The summed E-state index contributed by atoms with van der Waals surface area (Å²) in [5.41, 5.74) is 0.854. The number of hydrogen-bond donors (Lipinski definition) is 1. The molecule has 0 saturated heterocycles. The van der Waals surface area contributed by atoms with Gasteiger partial charge in [0.25, 0.3) is 5.91 Å². The Morgan fingerprint density at radius 1 is 1.30 bits per heavy atom. The van der Waals surface area contributed by atoms with Gasteiger partial charge in [0.05, 0.1) is 16.9 Å². The van der Waals surface area contributed by atoms with Gasteiger partial charge in [0, 0.05) is 23.4 Å². The second kappa shape index (κ2) is 6.62. The fraction of sp³-hybridized carbons (Fsp3) is 0.235. The zero-order valence-corrected chi connectivity index (χ0v) is 15.3. The first-order valence-corrected chi connectivity index (χ1v) is 9.80. The predicted octanol–water partition coefficient (Wildman–Crippen LogP) is 2.70. The fourth-order valence-electron chi connectivity index (χ4n) is 3.18. The molecular formula is C17H16FN3O5S. The highest BCUT2D eigenvalue weighted by Gasteiger charge is 2.32. The zero-order valence-electron chi connectivity index (χ0n) is 14.5. The van der Waals surface area contributed by atoms with E-state index in [1.807, 2.05) is 0 Å². The lowest BCUT2D eigenvalue weighted by Crippen LogP contribution is -2.34. The highest BCUT2D eigenvalue weighted by Crippen LogP contribution is 2.35. The van der Waals surface area contributed by atoms with Gasteiger partial charge in [0.15, 0.2) is 0 Å². The van der Waals surface area contributed by atoms with E-state index in [1.54, 1.807) is 19.1 Å². The van der Waals surface area contributed by atoms with Gasteiger partial charge < -0.3 is 5.32 Å². The number of nitro benzene ring substituents is 1. The first kappa shape index (κ1) is 18.8. The molecule has 0 radical (unpaired) electrons. The Bertz CT molecular complexity index is 1050. The quantitative estimate of drug-likeness (QED) is 0.634. The average molecular weight is 393 g/mol. The molecule has 0 saturated carbocycles. The van der Waals surface area contributed by atoms with E-state index in [0.717, 1.165) is 18.4 Å². The zero-order chi connectivity index (χ0) is 19.9. The molecule has 1 N–H and O–H groups in total. The second-order valence-corrected chi connectivity index (χ2v) is 8.19. The number of fused-ring (bicyclic) bond motifs is 1. The minimum absolute atomic E-state index is 0.0831. The number of rotatable bonds is 4. The minimum atomic E-state index is -3.43. The molecule has 1 amide bonds. The normalized spacial score (nSPS) is 16.1. The molecule has 142 valence electrons. The van der Waals surface area contributed by atoms with Crippen LogP contribution in [-0.2, 0) is 16.4 Å². The summed E-state index contributed by atoms with van der Waals surface area (Å²) in [5.74, 6) is -1.53. The van der Waals surface area contributed by atoms with Crippen molar-refractivity contribution >= 4 is 33.0 Å². The van der Waals surface area contributed by atoms with Gasteiger partial charge in [-0.1, -0.05) is 0 Å². The van der Waals surface area contributed by atoms with E-state index in [1.165, 1.54) is 16.4 Å². The summed E-state index contributed by atoms with van der Waals surface area (Å²) in [7, 11) is -3.43. The van der Waals surface area contributed by atoms with Gasteiger partial charge in [-0.25, -0.2) is 8.42 Å². The second-order valence-electron chi connectivity index (χ2n) is 6.33. The molecule has 0 spiro atoms. The molecular weight excluding hydrogens is 377 g/mol. The van der Waals surface area contributed by atoms with E-state index in [4.69, 9.17) is 0 Å². The first-order valence-electron chi connectivity index (χ1n) is 7.95. The summed E-state index contributed by atoms with van der Waals surface area (Å²) in [6.45, 7) is 1.78. The highest BCUT2D eigenvalue weighted by atomic mass is 32.2. The molecule has 2 aromatic rings. The Morgan fingerprint density at radius 3 is 2.63 bits per heavy atom. The van der Waals surface area contributed by atoms with Crippen LogP contribution in [0.15, 0.2) is 36.4 Å². The molecule has 10 heteroatoms. The SMILES string of the molecule is C[C@@H]1Cc2cc(C(=O)Nc3ccc(F)c([N+](=O)[O-])c3)ccc2N1S(C)(=O)=O. The van der Waals surface area contributed by atoms with Crippen molar-refractivity contribution in [2.24, 2.45) is 0 Å². The van der Waals surface area contributed by atoms with Gasteiger partial charge in [-0.2, -0.15) is 4.39 Å². The van der Waals surface area contributed by atoms with E-state index >= 15 is 0 Å². The lowest BCUT2D eigenvalue weighted by molar-refractivity contribution is -0.387. The third-order valence-electron chi connectivity index (χ3n) is 4.25. The third kappa shape index (κ3) is 3.61. The molecule has 27 heavy (non-hydrogen) atoms. The van der Waals surface area contributed by atoms with Gasteiger partial charge in [-0.05, 0) is 49.2 Å². The number of carbonyl (C=O) groups is 1. The molecule has 0 bridgehead atoms. The summed E-state index contributed by atoms with van der Waals surface area (Å²) in [6, 6.07) is 7.43. The predicted molar refractivity (Wildman–Crippen MR) is 97.9 cm³/mol. The first-order chi connectivity index (χ1) is 12.6. The van der Waals surface area contributed by atoms with Crippen molar-refractivity contribution in [2.45, 2.75) is 19.4 Å². The number of sulfonamides is 1. The molecule has 1 aliphatic rings. The van der Waals surface area contributed by atoms with Crippen LogP contribution < -0.4 is 9.62 Å². The van der Waals surface area contributed by atoms with E-state index in [-0.39, 0.29) is 17.3 Å². The van der Waals surface area contributed by atoms with E-state index in [9.17, 15) is 27.7 Å². The van der Waals surface area contributed by atoms with Crippen LogP contribution in [0.5, 0.6) is 0 Å². The van der Waals surface area contributed by atoms with Gasteiger partial charge in [0.2, 0.25) is 15.8 Å². The topological polar surface area (TPSA) is 110 Å². The lowest BCUT2D eigenvalue weighted by Gasteiger charge is -2.21. The number of anilines is 2. The summed E-state index contributed by atoms with van der Waals surface area (Å²) in [6.07, 6.45) is 1.59. The van der Waals surface area contributed by atoms with Gasteiger partial charge >= 0.3 is 5.69 Å². The smallest absolute Gasteiger partial charge is 0.306 e. The highest BCUT2D eigenvalue weighted by molar-refractivity contribution is 7.92. The van der Waals surface area contributed by atoms with Crippen molar-refractivity contribution in [1.29, 1.82) is 0 Å². The number of halogens is 1. The summed E-state index contributed by atoms with van der Waals surface area (Å²) in [5, 5.41) is 13.3. The van der Waals surface area contributed by atoms with E-state index < -0.39 is 32.4 Å². The van der Waals surface area contributed by atoms with Crippen LogP contribution in [0.25, 0.3) is 0 Å². The molecule has 1 aliphatic heterocycles. The van der Waals surface area contributed by atoms with Crippen molar-refractivity contribution in [1.82, 2.24) is 0 Å². The Kier molecular flexibility index (Phi) is 4.60. The van der Waals surface area contributed by atoms with Crippen molar-refractivity contribution in [3.05, 3.63) is 63.5 Å². The molecule has 8 nitrogen and oxygen atoms in total. The van der Waals surface area contributed by atoms with Crippen LogP contribution in [-0.4, -0.2) is 31.5 Å². The fourth-order valence-corrected chi connectivity index (χ4v) is 4.45. The maximum absolute atomic E-state index is 13.4. The van der Waals surface area contributed by atoms with Crippen LogP contribution in [0, 0.1) is 15.9 Å². The van der Waals surface area contributed by atoms with Gasteiger partial charge in [-0.3, -0.25) is 19.2 Å². The van der Waals surface area contributed by atoms with Crippen LogP contribution in [0.4, 0.5) is 21.5 Å². The summed E-state index contributed by atoms with van der Waals surface area (Å²) in [4.78, 5) is 22.4. The minimum Gasteiger partial charge on any atom is -0.322 e. The van der Waals surface area contributed by atoms with Crippen LogP contribution in [0.2, 0.25) is 0 Å². The summed E-state index contributed by atoms with van der Waals surface area (Å²) >= 11 is 0. The Morgan fingerprint density at radius 2 is 2.00 bits per heavy atom. The molecule has 0 aromatic heterocycles. The van der Waals surface area contributed by atoms with Crippen molar-refractivity contribution in [3.63, 3.8) is 0 Å². The number of nitro groups is 1. The maximum atomic E-state index is 13.4. The lowest BCUT2D eigenvalue weighted by atomic mass is 10.1. The van der Waals surface area contributed by atoms with Crippen molar-refractivity contribution in [3.8, 4) is 0 Å². The Balaban J connectivity index is 1.87. The van der Waals surface area contributed by atoms with Crippen molar-refractivity contribution in [2.75, 3.05) is 15.9 Å². The van der Waals surface area contributed by atoms with Gasteiger partial charge in [-0.15, -0.1) is 0 Å². The molecule has 3 rings (SSSR count). The third-order valence-corrected chi connectivity index (χ3v) is 5.52. The van der Waals surface area contributed by atoms with E-state index in [2.05, 4.69) is 5.32 Å². The number of nitrogens with zero attached hydrogens (tertiary/aromatic N) is 2. The Labute approximate surface area is 154 Å². The molecule has 1 heterocycles. The van der Waals surface area contributed by atoms with Crippen LogP contribution in [0.1, 0.15) is 22.8 Å². The molecule has 0 unspecified atom stereocenters. The van der Waals surface area contributed by atoms with E-state index in [0.29, 0.717) is 17.7 Å². The standard InChI is InChI=1S/C17H16FN3O5S/c1-10-7-12-8-11(3-6-15(12)20(10)27(2,25)26)17(22)19-13-4-5-14(18)16(9-13)21(23)24/h3-6,8-10H,7H2,1-2H3,(H,19,22)/t10-/m1/s1.